The standard InChI is InChI=1S/C8H16O6/c9-1-3-4(2-10)6(12)8(14)7(13)5(3)11/h3-14H,1-2H2/t3-,4+,5+,6-,7+,8-. The molecule has 1 aliphatic carbocycles. The van der Waals surface area contributed by atoms with Crippen LogP contribution in [-0.2, 0) is 0 Å². The molecule has 0 unspecified atom stereocenters. The van der Waals surface area contributed by atoms with Crippen LogP contribution in [0.4, 0.5) is 0 Å². The van der Waals surface area contributed by atoms with Crippen LogP contribution in [0.1, 0.15) is 0 Å². The van der Waals surface area contributed by atoms with Gasteiger partial charge in [0.1, 0.15) is 12.2 Å². The van der Waals surface area contributed by atoms with Crippen LogP contribution in [0, 0.1) is 11.8 Å². The van der Waals surface area contributed by atoms with E-state index in [1.54, 1.807) is 0 Å². The van der Waals surface area contributed by atoms with Gasteiger partial charge >= 0.3 is 0 Å². The third-order valence-electron chi connectivity index (χ3n) is 2.90. The first-order valence-electron chi connectivity index (χ1n) is 4.48. The van der Waals surface area contributed by atoms with Crippen molar-refractivity contribution in [2.75, 3.05) is 13.2 Å². The Kier molecular flexibility index (Phi) is 3.82. The van der Waals surface area contributed by atoms with E-state index >= 15 is 0 Å². The molecule has 0 heterocycles. The van der Waals surface area contributed by atoms with Crippen LogP contribution in [0.3, 0.4) is 0 Å². The van der Waals surface area contributed by atoms with Gasteiger partial charge in [0.15, 0.2) is 0 Å². The molecule has 14 heavy (non-hydrogen) atoms. The summed E-state index contributed by atoms with van der Waals surface area (Å²) in [5.74, 6) is -1.65. The van der Waals surface area contributed by atoms with Gasteiger partial charge in [-0.3, -0.25) is 0 Å². The number of hydrogen-bond acceptors (Lipinski definition) is 6. The third-order valence-corrected chi connectivity index (χ3v) is 2.90. The van der Waals surface area contributed by atoms with Crippen molar-refractivity contribution in [3.05, 3.63) is 0 Å². The van der Waals surface area contributed by atoms with E-state index < -0.39 is 49.5 Å². The first-order chi connectivity index (χ1) is 6.54. The zero-order chi connectivity index (χ0) is 10.9. The van der Waals surface area contributed by atoms with E-state index in [4.69, 9.17) is 10.2 Å². The number of aliphatic hydroxyl groups is 6. The molecule has 0 aromatic heterocycles. The smallest absolute Gasteiger partial charge is 0.109 e. The van der Waals surface area contributed by atoms with Crippen molar-refractivity contribution in [3.63, 3.8) is 0 Å². The van der Waals surface area contributed by atoms with Crippen molar-refractivity contribution in [1.29, 1.82) is 0 Å². The molecule has 6 N–H and O–H groups in total. The summed E-state index contributed by atoms with van der Waals surface area (Å²) in [6, 6.07) is 0. The molecule has 0 spiro atoms. The van der Waals surface area contributed by atoms with E-state index in [0.717, 1.165) is 0 Å². The molecule has 0 amide bonds. The summed E-state index contributed by atoms with van der Waals surface area (Å²) >= 11 is 0. The van der Waals surface area contributed by atoms with Gasteiger partial charge in [0.25, 0.3) is 0 Å². The van der Waals surface area contributed by atoms with E-state index in [1.807, 2.05) is 0 Å². The molecule has 1 aliphatic rings. The van der Waals surface area contributed by atoms with Crippen molar-refractivity contribution in [2.24, 2.45) is 11.8 Å². The van der Waals surface area contributed by atoms with Crippen molar-refractivity contribution in [1.82, 2.24) is 0 Å². The molecule has 0 radical (unpaired) electrons. The minimum absolute atomic E-state index is 0.465. The van der Waals surface area contributed by atoms with E-state index in [0.29, 0.717) is 0 Å². The SMILES string of the molecule is OC[C@@H]1[C@@H](O)[C@@H](O)[C@@H](O)[C@@H](O)[C@@H]1CO. The number of aliphatic hydroxyl groups excluding tert-OH is 6. The highest BCUT2D eigenvalue weighted by Crippen LogP contribution is 2.30. The molecule has 6 atom stereocenters. The molecule has 0 saturated heterocycles. The van der Waals surface area contributed by atoms with Gasteiger partial charge < -0.3 is 30.6 Å². The molecule has 1 fully saturated rings. The molecule has 84 valence electrons. The highest BCUT2D eigenvalue weighted by molar-refractivity contribution is 4.97. The molecule has 1 rings (SSSR count). The van der Waals surface area contributed by atoms with Crippen molar-refractivity contribution < 1.29 is 30.6 Å². The van der Waals surface area contributed by atoms with Gasteiger partial charge in [-0.05, 0) is 0 Å². The summed E-state index contributed by atoms with van der Waals surface area (Å²) in [6.07, 6.45) is -5.67. The maximum atomic E-state index is 9.43. The number of hydrogen-bond donors (Lipinski definition) is 6. The van der Waals surface area contributed by atoms with Gasteiger partial charge in [0.2, 0.25) is 0 Å². The summed E-state index contributed by atoms with van der Waals surface area (Å²) < 4.78 is 0. The van der Waals surface area contributed by atoms with Gasteiger partial charge in [-0.2, -0.15) is 0 Å². The third kappa shape index (κ3) is 1.77. The summed E-state index contributed by atoms with van der Waals surface area (Å²) in [6.45, 7) is -0.930. The molecule has 0 bridgehead atoms. The quantitative estimate of drug-likeness (QED) is 0.282. The van der Waals surface area contributed by atoms with Crippen LogP contribution in [0.15, 0.2) is 0 Å². The highest BCUT2D eigenvalue weighted by atomic mass is 16.4. The minimum Gasteiger partial charge on any atom is -0.396 e. The number of rotatable bonds is 2. The minimum atomic E-state index is -1.50. The van der Waals surface area contributed by atoms with E-state index in [9.17, 15) is 20.4 Å². The van der Waals surface area contributed by atoms with Crippen LogP contribution in [0.2, 0.25) is 0 Å². The molecule has 0 aromatic rings. The maximum absolute atomic E-state index is 9.43. The van der Waals surface area contributed by atoms with Gasteiger partial charge in [-0.15, -0.1) is 0 Å². The average molecular weight is 208 g/mol. The predicted molar refractivity (Wildman–Crippen MR) is 45.2 cm³/mol. The Morgan fingerprint density at radius 2 is 0.857 bits per heavy atom. The second-order valence-electron chi connectivity index (χ2n) is 3.66. The molecular formula is C8H16O6. The fourth-order valence-corrected chi connectivity index (χ4v) is 1.90. The van der Waals surface area contributed by atoms with Crippen molar-refractivity contribution in [2.45, 2.75) is 24.4 Å². The normalized spacial score (nSPS) is 49.3. The lowest BCUT2D eigenvalue weighted by Crippen LogP contribution is -2.60. The van der Waals surface area contributed by atoms with E-state index in [-0.39, 0.29) is 0 Å². The zero-order valence-electron chi connectivity index (χ0n) is 7.56. The Balaban J connectivity index is 2.84. The summed E-state index contributed by atoms with van der Waals surface area (Å²) in [5, 5.41) is 55.2. The first kappa shape index (κ1) is 11.8. The van der Waals surface area contributed by atoms with Crippen molar-refractivity contribution in [3.8, 4) is 0 Å². The van der Waals surface area contributed by atoms with E-state index in [1.165, 1.54) is 0 Å². The summed E-state index contributed by atoms with van der Waals surface area (Å²) in [7, 11) is 0. The monoisotopic (exact) mass is 208 g/mol. The molecule has 6 nitrogen and oxygen atoms in total. The van der Waals surface area contributed by atoms with E-state index in [2.05, 4.69) is 0 Å². The first-order valence-corrected chi connectivity index (χ1v) is 4.48. The maximum Gasteiger partial charge on any atom is 0.109 e. The molecule has 6 heteroatoms. The van der Waals surface area contributed by atoms with Gasteiger partial charge in [0, 0.05) is 25.0 Å². The second kappa shape index (κ2) is 4.52. The van der Waals surface area contributed by atoms with Gasteiger partial charge in [-0.1, -0.05) is 0 Å². The predicted octanol–water partition coefficient (Wildman–Crippen LogP) is -3.34. The Labute approximate surface area is 81.1 Å². The lowest BCUT2D eigenvalue weighted by atomic mass is 9.73. The van der Waals surface area contributed by atoms with Crippen LogP contribution >= 0.6 is 0 Å². The lowest BCUT2D eigenvalue weighted by Gasteiger charge is -2.42. The van der Waals surface area contributed by atoms with Crippen LogP contribution in [0.5, 0.6) is 0 Å². The summed E-state index contributed by atoms with van der Waals surface area (Å²) in [5.41, 5.74) is 0. The molecule has 0 aromatic carbocycles. The summed E-state index contributed by atoms with van der Waals surface area (Å²) in [4.78, 5) is 0. The highest BCUT2D eigenvalue weighted by Gasteiger charge is 2.47. The zero-order valence-corrected chi connectivity index (χ0v) is 7.56. The Bertz CT molecular complexity index is 167. The van der Waals surface area contributed by atoms with Crippen LogP contribution in [-0.4, -0.2) is 68.3 Å². The average Bonchev–Trinajstić information content (AvgIpc) is 2.20. The Morgan fingerprint density at radius 3 is 1.07 bits per heavy atom. The van der Waals surface area contributed by atoms with Gasteiger partial charge in [0.05, 0.1) is 12.2 Å². The Morgan fingerprint density at radius 1 is 0.571 bits per heavy atom. The lowest BCUT2D eigenvalue weighted by molar-refractivity contribution is -0.195. The van der Waals surface area contributed by atoms with Crippen LogP contribution in [0.25, 0.3) is 0 Å². The van der Waals surface area contributed by atoms with Crippen LogP contribution < -0.4 is 0 Å². The molecular weight excluding hydrogens is 192 g/mol. The Hall–Kier alpha value is -0.240. The second-order valence-corrected chi connectivity index (χ2v) is 3.66. The van der Waals surface area contributed by atoms with Crippen molar-refractivity contribution >= 4 is 0 Å². The fraction of sp³-hybridized carbons (Fsp3) is 1.00. The fourth-order valence-electron chi connectivity index (χ4n) is 1.90. The topological polar surface area (TPSA) is 121 Å². The molecule has 1 saturated carbocycles. The molecule has 0 aliphatic heterocycles. The largest absolute Gasteiger partial charge is 0.396 e. The van der Waals surface area contributed by atoms with Gasteiger partial charge in [-0.25, -0.2) is 0 Å².